The van der Waals surface area contributed by atoms with E-state index in [1.165, 1.54) is 0 Å². The summed E-state index contributed by atoms with van der Waals surface area (Å²) in [6, 6.07) is 0. The van der Waals surface area contributed by atoms with Gasteiger partial charge < -0.3 is 9.72 Å². The minimum absolute atomic E-state index is 0.228. The van der Waals surface area contributed by atoms with E-state index in [0.29, 0.717) is 16.3 Å². The summed E-state index contributed by atoms with van der Waals surface area (Å²) < 4.78 is 19.6. The van der Waals surface area contributed by atoms with Crippen LogP contribution < -0.4 is 0 Å². The van der Waals surface area contributed by atoms with E-state index in [2.05, 4.69) is 42.8 Å². The third-order valence-electron chi connectivity index (χ3n) is 3.44. The van der Waals surface area contributed by atoms with Gasteiger partial charge in [0.1, 0.15) is 11.5 Å². The molecule has 2 aromatic rings. The van der Waals surface area contributed by atoms with Gasteiger partial charge in [0.25, 0.3) is 0 Å². The molecule has 0 aliphatic carbocycles. The van der Waals surface area contributed by atoms with Gasteiger partial charge >= 0.3 is 0 Å². The van der Waals surface area contributed by atoms with Crippen LogP contribution in [0, 0.1) is 5.82 Å². The number of H-pyrrole nitrogens is 1. The maximum absolute atomic E-state index is 13.8. The normalized spacial score (nSPS) is 22.9. The molecule has 1 saturated heterocycles. The van der Waals surface area contributed by atoms with Crippen LogP contribution in [0.5, 0.6) is 0 Å². The van der Waals surface area contributed by atoms with Crippen molar-refractivity contribution in [2.24, 2.45) is 0 Å². The number of rotatable bonds is 2. The SMILES string of the molecule is CC1CC(c2ncc(-c3nc(Br)ncc3F)[nH]2)CCO1. The standard InChI is InChI=1S/C13H14BrFN4O/c1-7-4-8(2-3-20-7)12-16-6-10(18-12)11-9(15)5-17-13(14)19-11/h5-8H,2-4H2,1H3,(H,16,18). The van der Waals surface area contributed by atoms with Crippen LogP contribution in [0.1, 0.15) is 31.5 Å². The first kappa shape index (κ1) is 13.6. The lowest BCUT2D eigenvalue weighted by Crippen LogP contribution is -2.22. The monoisotopic (exact) mass is 340 g/mol. The first-order valence-corrected chi connectivity index (χ1v) is 7.27. The fraction of sp³-hybridized carbons (Fsp3) is 0.462. The van der Waals surface area contributed by atoms with E-state index in [9.17, 15) is 4.39 Å². The van der Waals surface area contributed by atoms with Crippen LogP contribution in [0.2, 0.25) is 0 Å². The number of ether oxygens (including phenoxy) is 1. The molecule has 0 aromatic carbocycles. The van der Waals surface area contributed by atoms with Crippen LogP contribution >= 0.6 is 15.9 Å². The molecule has 1 N–H and O–H groups in total. The summed E-state index contributed by atoms with van der Waals surface area (Å²) in [4.78, 5) is 15.3. The number of imidazole rings is 1. The molecule has 1 fully saturated rings. The van der Waals surface area contributed by atoms with E-state index in [-0.39, 0.29) is 11.8 Å². The number of nitrogens with one attached hydrogen (secondary N) is 1. The fourth-order valence-corrected chi connectivity index (χ4v) is 2.73. The molecule has 106 valence electrons. The lowest BCUT2D eigenvalue weighted by atomic mass is 9.96. The predicted molar refractivity (Wildman–Crippen MR) is 74.7 cm³/mol. The molecule has 0 spiro atoms. The molecule has 7 heteroatoms. The van der Waals surface area contributed by atoms with Crippen molar-refractivity contribution in [2.75, 3.05) is 6.61 Å². The fourth-order valence-electron chi connectivity index (χ4n) is 2.45. The van der Waals surface area contributed by atoms with Crippen molar-refractivity contribution >= 4 is 15.9 Å². The average molecular weight is 341 g/mol. The Morgan fingerprint density at radius 1 is 1.40 bits per heavy atom. The van der Waals surface area contributed by atoms with Crippen molar-refractivity contribution < 1.29 is 9.13 Å². The molecule has 2 unspecified atom stereocenters. The van der Waals surface area contributed by atoms with Gasteiger partial charge in [0.15, 0.2) is 10.6 Å². The molecule has 0 amide bonds. The quantitative estimate of drug-likeness (QED) is 0.853. The van der Waals surface area contributed by atoms with Gasteiger partial charge in [-0.3, -0.25) is 0 Å². The van der Waals surface area contributed by atoms with Crippen LogP contribution in [0.15, 0.2) is 17.1 Å². The first-order chi connectivity index (χ1) is 9.63. The number of nitrogens with zero attached hydrogens (tertiary/aromatic N) is 3. The highest BCUT2D eigenvalue weighted by Crippen LogP contribution is 2.29. The molecule has 0 radical (unpaired) electrons. The molecule has 20 heavy (non-hydrogen) atoms. The van der Waals surface area contributed by atoms with E-state index in [0.717, 1.165) is 31.5 Å². The number of aromatic amines is 1. The molecular weight excluding hydrogens is 327 g/mol. The van der Waals surface area contributed by atoms with Gasteiger partial charge in [-0.1, -0.05) is 0 Å². The number of halogens is 2. The zero-order valence-electron chi connectivity index (χ0n) is 10.9. The van der Waals surface area contributed by atoms with Crippen molar-refractivity contribution in [3.63, 3.8) is 0 Å². The van der Waals surface area contributed by atoms with E-state index in [4.69, 9.17) is 4.74 Å². The topological polar surface area (TPSA) is 63.7 Å². The average Bonchev–Trinajstić information content (AvgIpc) is 2.91. The molecule has 3 heterocycles. The highest BCUT2D eigenvalue weighted by atomic mass is 79.9. The molecule has 3 rings (SSSR count). The van der Waals surface area contributed by atoms with Crippen molar-refractivity contribution in [3.05, 3.63) is 28.8 Å². The van der Waals surface area contributed by atoms with Gasteiger partial charge in [-0.25, -0.2) is 19.3 Å². The maximum atomic E-state index is 13.8. The van der Waals surface area contributed by atoms with Crippen molar-refractivity contribution in [1.82, 2.24) is 19.9 Å². The van der Waals surface area contributed by atoms with Gasteiger partial charge in [-0.2, -0.15) is 0 Å². The third kappa shape index (κ3) is 2.73. The molecule has 0 saturated carbocycles. The maximum Gasteiger partial charge on any atom is 0.197 e. The second kappa shape index (κ2) is 5.57. The summed E-state index contributed by atoms with van der Waals surface area (Å²) in [6.45, 7) is 2.78. The van der Waals surface area contributed by atoms with Gasteiger partial charge in [-0.05, 0) is 35.7 Å². The number of hydrogen-bond donors (Lipinski definition) is 1. The van der Waals surface area contributed by atoms with Crippen LogP contribution in [0.25, 0.3) is 11.4 Å². The van der Waals surface area contributed by atoms with E-state index in [1.807, 2.05) is 0 Å². The third-order valence-corrected chi connectivity index (χ3v) is 3.82. The highest BCUT2D eigenvalue weighted by molar-refractivity contribution is 9.10. The zero-order chi connectivity index (χ0) is 14.1. The van der Waals surface area contributed by atoms with E-state index in [1.54, 1.807) is 6.20 Å². The lowest BCUT2D eigenvalue weighted by Gasteiger charge is -2.25. The summed E-state index contributed by atoms with van der Waals surface area (Å²) in [7, 11) is 0. The minimum atomic E-state index is -0.469. The molecule has 2 aromatic heterocycles. The molecular formula is C13H14BrFN4O. The summed E-state index contributed by atoms with van der Waals surface area (Å²) in [6.07, 6.45) is 4.83. The van der Waals surface area contributed by atoms with Crippen LogP contribution in [-0.2, 0) is 4.74 Å². The molecule has 0 bridgehead atoms. The second-order valence-corrected chi connectivity index (χ2v) is 5.63. The summed E-state index contributed by atoms with van der Waals surface area (Å²) >= 11 is 3.15. The summed E-state index contributed by atoms with van der Waals surface area (Å²) in [5, 5.41) is 0. The van der Waals surface area contributed by atoms with E-state index < -0.39 is 5.82 Å². The Morgan fingerprint density at radius 2 is 2.25 bits per heavy atom. The van der Waals surface area contributed by atoms with Crippen molar-refractivity contribution in [3.8, 4) is 11.4 Å². The first-order valence-electron chi connectivity index (χ1n) is 6.48. The summed E-state index contributed by atoms with van der Waals surface area (Å²) in [5.41, 5.74) is 0.797. The molecule has 5 nitrogen and oxygen atoms in total. The summed E-state index contributed by atoms with van der Waals surface area (Å²) in [5.74, 6) is 0.717. The van der Waals surface area contributed by atoms with E-state index >= 15 is 0 Å². The number of hydrogen-bond acceptors (Lipinski definition) is 4. The second-order valence-electron chi connectivity index (χ2n) is 4.92. The molecule has 1 aliphatic rings. The van der Waals surface area contributed by atoms with Crippen molar-refractivity contribution in [2.45, 2.75) is 31.8 Å². The lowest BCUT2D eigenvalue weighted by molar-refractivity contribution is 0.0174. The Labute approximate surface area is 124 Å². The van der Waals surface area contributed by atoms with Crippen LogP contribution in [-0.4, -0.2) is 32.6 Å². The van der Waals surface area contributed by atoms with Gasteiger partial charge in [-0.15, -0.1) is 0 Å². The van der Waals surface area contributed by atoms with Gasteiger partial charge in [0.2, 0.25) is 0 Å². The van der Waals surface area contributed by atoms with Gasteiger partial charge in [0, 0.05) is 12.5 Å². The Morgan fingerprint density at radius 3 is 3.05 bits per heavy atom. The van der Waals surface area contributed by atoms with Gasteiger partial charge in [0.05, 0.1) is 24.2 Å². The Hall–Kier alpha value is -1.34. The number of aromatic nitrogens is 4. The largest absolute Gasteiger partial charge is 0.378 e. The zero-order valence-corrected chi connectivity index (χ0v) is 12.5. The Balaban J connectivity index is 1.88. The smallest absolute Gasteiger partial charge is 0.197 e. The Kier molecular flexibility index (Phi) is 3.80. The van der Waals surface area contributed by atoms with Crippen LogP contribution in [0.4, 0.5) is 4.39 Å². The molecule has 2 atom stereocenters. The predicted octanol–water partition coefficient (Wildman–Crippen LogP) is 3.05. The van der Waals surface area contributed by atoms with Crippen LogP contribution in [0.3, 0.4) is 0 Å². The minimum Gasteiger partial charge on any atom is -0.378 e. The highest BCUT2D eigenvalue weighted by Gasteiger charge is 2.24. The van der Waals surface area contributed by atoms with Crippen molar-refractivity contribution in [1.29, 1.82) is 0 Å². The Bertz CT molecular complexity index is 618. The molecule has 1 aliphatic heterocycles.